The van der Waals surface area contributed by atoms with Gasteiger partial charge >= 0.3 is 0 Å². The number of amides is 1. The van der Waals surface area contributed by atoms with Crippen LogP contribution in [0.4, 0.5) is 11.4 Å². The maximum Gasteiger partial charge on any atom is 0.276 e. The van der Waals surface area contributed by atoms with Crippen molar-refractivity contribution < 1.29 is 4.79 Å². The van der Waals surface area contributed by atoms with Crippen LogP contribution in [0.15, 0.2) is 24.3 Å². The Balaban J connectivity index is 1.95. The van der Waals surface area contributed by atoms with Gasteiger partial charge in [0.05, 0.1) is 0 Å². The van der Waals surface area contributed by atoms with Crippen molar-refractivity contribution in [3.63, 3.8) is 0 Å². The number of halogens is 3. The Bertz CT molecular complexity index is 479. The number of rotatable bonds is 3. The summed E-state index contributed by atoms with van der Waals surface area (Å²) < 4.78 is -1.95. The molecule has 1 aromatic carbocycles. The van der Waals surface area contributed by atoms with E-state index < -0.39 is 9.70 Å². The fourth-order valence-electron chi connectivity index (χ4n) is 2.28. The van der Waals surface area contributed by atoms with Crippen molar-refractivity contribution in [2.75, 3.05) is 42.9 Å². The van der Waals surface area contributed by atoms with Gasteiger partial charge in [0.25, 0.3) is 9.70 Å². The van der Waals surface area contributed by atoms with Gasteiger partial charge in [-0.2, -0.15) is 0 Å². The topological polar surface area (TPSA) is 35.6 Å². The third-order valence-corrected chi connectivity index (χ3v) is 4.08. The van der Waals surface area contributed by atoms with E-state index in [0.29, 0.717) is 5.69 Å². The van der Waals surface area contributed by atoms with Gasteiger partial charge in [-0.25, -0.2) is 0 Å². The summed E-state index contributed by atoms with van der Waals surface area (Å²) in [5.41, 5.74) is 1.75. The van der Waals surface area contributed by atoms with Gasteiger partial charge in [0.15, 0.2) is 0 Å². The highest BCUT2D eigenvalue weighted by molar-refractivity contribution is 6.76. The summed E-state index contributed by atoms with van der Waals surface area (Å²) in [5.74, 6) is -0.656. The molecule has 0 unspecified atom stereocenters. The molecule has 1 N–H and O–H groups in total. The number of likely N-dealkylation sites (N-methyl/N-ethyl adjacent to an activating group) is 1. The summed E-state index contributed by atoms with van der Waals surface area (Å²) in [7, 11) is 0. The molecule has 0 aliphatic carbocycles. The standard InChI is InChI=1S/C14H18Cl3N3O/c1-2-19-7-9-20(10-8-19)12-5-3-11(4-6-12)18-13(21)14(15,16)17/h3-6H,2,7-10H2,1H3,(H,18,21). The first-order valence-corrected chi connectivity index (χ1v) is 7.99. The van der Waals surface area contributed by atoms with E-state index in [-0.39, 0.29) is 0 Å². The van der Waals surface area contributed by atoms with Crippen LogP contribution >= 0.6 is 34.8 Å². The third-order valence-electron chi connectivity index (χ3n) is 3.57. The van der Waals surface area contributed by atoms with Gasteiger partial charge in [0.2, 0.25) is 0 Å². The zero-order chi connectivity index (χ0) is 15.5. The lowest BCUT2D eigenvalue weighted by molar-refractivity contribution is -0.115. The van der Waals surface area contributed by atoms with Gasteiger partial charge in [-0.1, -0.05) is 41.7 Å². The fraction of sp³-hybridized carbons (Fsp3) is 0.500. The van der Waals surface area contributed by atoms with Crippen molar-refractivity contribution >= 4 is 52.1 Å². The van der Waals surface area contributed by atoms with E-state index in [0.717, 1.165) is 38.4 Å². The number of nitrogens with one attached hydrogen (secondary N) is 1. The quantitative estimate of drug-likeness (QED) is 0.851. The lowest BCUT2D eigenvalue weighted by Crippen LogP contribution is -2.46. The van der Waals surface area contributed by atoms with E-state index >= 15 is 0 Å². The number of piperazine rings is 1. The van der Waals surface area contributed by atoms with Crippen LogP contribution in [-0.4, -0.2) is 47.3 Å². The first kappa shape index (κ1) is 16.7. The second kappa shape index (κ2) is 7.05. The zero-order valence-corrected chi connectivity index (χ0v) is 14.0. The number of anilines is 2. The van der Waals surface area contributed by atoms with Crippen molar-refractivity contribution in [2.24, 2.45) is 0 Å². The minimum atomic E-state index is -1.95. The number of hydrogen-bond donors (Lipinski definition) is 1. The molecule has 116 valence electrons. The highest BCUT2D eigenvalue weighted by Gasteiger charge is 2.30. The number of alkyl halides is 3. The maximum atomic E-state index is 11.6. The average Bonchev–Trinajstić information content (AvgIpc) is 2.47. The molecule has 2 rings (SSSR count). The Morgan fingerprint density at radius 1 is 1.14 bits per heavy atom. The summed E-state index contributed by atoms with van der Waals surface area (Å²) in [6, 6.07) is 7.57. The van der Waals surface area contributed by atoms with Crippen LogP contribution in [-0.2, 0) is 4.79 Å². The van der Waals surface area contributed by atoms with E-state index in [9.17, 15) is 4.79 Å². The van der Waals surface area contributed by atoms with E-state index in [2.05, 4.69) is 22.0 Å². The predicted molar refractivity (Wildman–Crippen MR) is 89.7 cm³/mol. The van der Waals surface area contributed by atoms with Crippen molar-refractivity contribution in [1.82, 2.24) is 4.90 Å². The van der Waals surface area contributed by atoms with E-state index in [1.165, 1.54) is 0 Å². The molecule has 21 heavy (non-hydrogen) atoms. The molecule has 1 aliphatic heterocycles. The predicted octanol–water partition coefficient (Wildman–Crippen LogP) is 3.14. The molecule has 1 aliphatic rings. The monoisotopic (exact) mass is 349 g/mol. The minimum absolute atomic E-state index is 0.613. The maximum absolute atomic E-state index is 11.6. The largest absolute Gasteiger partial charge is 0.369 e. The van der Waals surface area contributed by atoms with Gasteiger partial charge in [-0.15, -0.1) is 0 Å². The summed E-state index contributed by atoms with van der Waals surface area (Å²) in [5, 5.41) is 2.57. The van der Waals surface area contributed by atoms with Crippen LogP contribution in [0, 0.1) is 0 Å². The number of hydrogen-bond acceptors (Lipinski definition) is 3. The Morgan fingerprint density at radius 3 is 2.19 bits per heavy atom. The van der Waals surface area contributed by atoms with Crippen LogP contribution in [0.3, 0.4) is 0 Å². The van der Waals surface area contributed by atoms with Gasteiger partial charge in [-0.05, 0) is 30.8 Å². The molecule has 1 fully saturated rings. The highest BCUT2D eigenvalue weighted by atomic mass is 35.6. The Kier molecular flexibility index (Phi) is 5.60. The number of carbonyl (C=O) groups is 1. The van der Waals surface area contributed by atoms with Crippen LogP contribution < -0.4 is 10.2 Å². The molecule has 1 heterocycles. The van der Waals surface area contributed by atoms with E-state index in [1.807, 2.05) is 24.3 Å². The SMILES string of the molecule is CCN1CCN(c2ccc(NC(=O)C(Cl)(Cl)Cl)cc2)CC1. The van der Waals surface area contributed by atoms with Gasteiger partial charge in [-0.3, -0.25) is 4.79 Å². The molecule has 0 spiro atoms. The molecule has 4 nitrogen and oxygen atoms in total. The van der Waals surface area contributed by atoms with Crippen LogP contribution in [0.2, 0.25) is 0 Å². The molecule has 1 saturated heterocycles. The van der Waals surface area contributed by atoms with Gasteiger partial charge < -0.3 is 15.1 Å². The molecular weight excluding hydrogens is 333 g/mol. The summed E-state index contributed by atoms with van der Waals surface area (Å²) in [4.78, 5) is 16.3. The van der Waals surface area contributed by atoms with E-state index in [1.54, 1.807) is 0 Å². The van der Waals surface area contributed by atoms with Crippen molar-refractivity contribution in [3.05, 3.63) is 24.3 Å². The first-order chi connectivity index (χ1) is 9.90. The van der Waals surface area contributed by atoms with E-state index in [4.69, 9.17) is 34.8 Å². The number of carbonyl (C=O) groups excluding carboxylic acids is 1. The molecule has 0 radical (unpaired) electrons. The minimum Gasteiger partial charge on any atom is -0.369 e. The van der Waals surface area contributed by atoms with Crippen LogP contribution in [0.5, 0.6) is 0 Å². The van der Waals surface area contributed by atoms with Crippen LogP contribution in [0.1, 0.15) is 6.92 Å². The zero-order valence-electron chi connectivity index (χ0n) is 11.8. The molecule has 1 aromatic rings. The van der Waals surface area contributed by atoms with Crippen molar-refractivity contribution in [1.29, 1.82) is 0 Å². The number of nitrogens with zero attached hydrogens (tertiary/aromatic N) is 2. The Hall–Kier alpha value is -0.680. The summed E-state index contributed by atoms with van der Waals surface area (Å²) >= 11 is 16.6. The van der Waals surface area contributed by atoms with Gasteiger partial charge in [0, 0.05) is 37.6 Å². The second-order valence-electron chi connectivity index (χ2n) is 4.92. The molecule has 1 amide bonds. The highest BCUT2D eigenvalue weighted by Crippen LogP contribution is 2.28. The normalized spacial score (nSPS) is 16.9. The van der Waals surface area contributed by atoms with Crippen LogP contribution in [0.25, 0.3) is 0 Å². The molecule has 0 bridgehead atoms. The van der Waals surface area contributed by atoms with Crippen molar-refractivity contribution in [2.45, 2.75) is 10.7 Å². The molecular formula is C14H18Cl3N3O. The first-order valence-electron chi connectivity index (χ1n) is 6.85. The summed E-state index contributed by atoms with van der Waals surface area (Å²) in [6.07, 6.45) is 0. The Morgan fingerprint density at radius 2 is 1.71 bits per heavy atom. The lowest BCUT2D eigenvalue weighted by atomic mass is 10.2. The molecule has 0 atom stereocenters. The third kappa shape index (κ3) is 4.65. The van der Waals surface area contributed by atoms with Crippen molar-refractivity contribution in [3.8, 4) is 0 Å². The molecule has 0 aromatic heterocycles. The average molecular weight is 351 g/mol. The van der Waals surface area contributed by atoms with Gasteiger partial charge in [0.1, 0.15) is 0 Å². The fourth-order valence-corrected chi connectivity index (χ4v) is 2.42. The summed E-state index contributed by atoms with van der Waals surface area (Å²) in [6.45, 7) is 7.43. The number of benzene rings is 1. The smallest absolute Gasteiger partial charge is 0.276 e. The Labute approximate surface area is 139 Å². The lowest BCUT2D eigenvalue weighted by Gasteiger charge is -2.35. The molecule has 7 heteroatoms. The second-order valence-corrected chi connectivity index (χ2v) is 7.20. The molecule has 0 saturated carbocycles.